The molecular formula is C17H20O4. The number of phenols is 1. The largest absolute Gasteiger partial charge is 0.506 e. The Morgan fingerprint density at radius 2 is 2.10 bits per heavy atom. The van der Waals surface area contributed by atoms with Crippen molar-refractivity contribution in [2.24, 2.45) is 0 Å². The maximum atomic E-state index is 11.0. The first-order valence-corrected chi connectivity index (χ1v) is 6.93. The standard InChI is InChI=1S/C17H20O4/c1-11(2)5-4-9-17(3)10-8-12-14(21-17)7-6-13(15(12)18)16(19)20/h5-8,10,18H,4,9H2,1-3H3,(H,19,20). The molecule has 1 aliphatic heterocycles. The van der Waals surface area contributed by atoms with Gasteiger partial charge in [0.2, 0.25) is 0 Å². The summed E-state index contributed by atoms with van der Waals surface area (Å²) in [5.41, 5.74) is 1.13. The Morgan fingerprint density at radius 1 is 1.38 bits per heavy atom. The molecule has 2 N–H and O–H groups in total. The number of carboxylic acids is 1. The van der Waals surface area contributed by atoms with E-state index in [9.17, 15) is 9.90 Å². The van der Waals surface area contributed by atoms with Crippen molar-refractivity contribution in [3.05, 3.63) is 41.0 Å². The minimum Gasteiger partial charge on any atom is -0.506 e. The Kier molecular flexibility index (Phi) is 4.07. The summed E-state index contributed by atoms with van der Waals surface area (Å²) in [5.74, 6) is -0.886. The molecule has 1 aliphatic rings. The van der Waals surface area contributed by atoms with Crippen LogP contribution in [-0.2, 0) is 0 Å². The molecule has 21 heavy (non-hydrogen) atoms. The molecule has 0 amide bonds. The Balaban J connectivity index is 2.25. The van der Waals surface area contributed by atoms with Crippen LogP contribution in [0.4, 0.5) is 0 Å². The fourth-order valence-electron chi connectivity index (χ4n) is 2.34. The highest BCUT2D eigenvalue weighted by Crippen LogP contribution is 2.39. The van der Waals surface area contributed by atoms with Crippen LogP contribution >= 0.6 is 0 Å². The third kappa shape index (κ3) is 3.27. The van der Waals surface area contributed by atoms with Crippen LogP contribution in [0, 0.1) is 0 Å². The predicted octanol–water partition coefficient (Wildman–Crippen LogP) is 4.00. The van der Waals surface area contributed by atoms with Crippen LogP contribution in [0.2, 0.25) is 0 Å². The minimum atomic E-state index is -1.15. The lowest BCUT2D eigenvalue weighted by atomic mass is 9.93. The number of carboxylic acid groups (broad SMARTS) is 1. The van der Waals surface area contributed by atoms with Gasteiger partial charge < -0.3 is 14.9 Å². The van der Waals surface area contributed by atoms with Gasteiger partial charge in [0.1, 0.15) is 22.7 Å². The van der Waals surface area contributed by atoms with E-state index in [0.717, 1.165) is 12.8 Å². The number of allylic oxidation sites excluding steroid dienone is 2. The summed E-state index contributed by atoms with van der Waals surface area (Å²) in [6.45, 7) is 6.09. The molecular weight excluding hydrogens is 268 g/mol. The van der Waals surface area contributed by atoms with Crippen molar-refractivity contribution >= 4 is 12.0 Å². The second kappa shape index (κ2) is 5.64. The molecule has 2 rings (SSSR count). The molecule has 1 aromatic carbocycles. The van der Waals surface area contributed by atoms with Crippen LogP contribution < -0.4 is 4.74 Å². The van der Waals surface area contributed by atoms with Gasteiger partial charge in [0, 0.05) is 0 Å². The number of aromatic hydroxyl groups is 1. The Morgan fingerprint density at radius 3 is 2.71 bits per heavy atom. The SMILES string of the molecule is CC(C)=CCCC1(C)C=Cc2c(ccc(C(=O)O)c2O)O1. The van der Waals surface area contributed by atoms with Gasteiger partial charge in [-0.25, -0.2) is 4.79 Å². The van der Waals surface area contributed by atoms with Crippen molar-refractivity contribution < 1.29 is 19.7 Å². The smallest absolute Gasteiger partial charge is 0.339 e. The quantitative estimate of drug-likeness (QED) is 0.822. The average molecular weight is 288 g/mol. The minimum absolute atomic E-state index is 0.116. The monoisotopic (exact) mass is 288 g/mol. The van der Waals surface area contributed by atoms with E-state index in [1.165, 1.54) is 11.6 Å². The van der Waals surface area contributed by atoms with Crippen molar-refractivity contribution in [2.45, 2.75) is 39.2 Å². The molecule has 0 bridgehead atoms. The highest BCUT2D eigenvalue weighted by Gasteiger charge is 2.29. The zero-order chi connectivity index (χ0) is 15.6. The van der Waals surface area contributed by atoms with E-state index in [4.69, 9.17) is 9.84 Å². The molecule has 1 aromatic rings. The highest BCUT2D eigenvalue weighted by molar-refractivity contribution is 5.93. The van der Waals surface area contributed by atoms with Crippen LogP contribution in [0.15, 0.2) is 29.9 Å². The third-order valence-electron chi connectivity index (χ3n) is 3.55. The summed E-state index contributed by atoms with van der Waals surface area (Å²) in [7, 11) is 0. The number of aromatic carboxylic acids is 1. The van der Waals surface area contributed by atoms with E-state index >= 15 is 0 Å². The van der Waals surface area contributed by atoms with E-state index in [-0.39, 0.29) is 11.3 Å². The predicted molar refractivity (Wildman–Crippen MR) is 81.8 cm³/mol. The van der Waals surface area contributed by atoms with Gasteiger partial charge in [0.05, 0.1) is 5.56 Å². The second-order valence-electron chi connectivity index (χ2n) is 5.75. The fraction of sp³-hybridized carbons (Fsp3) is 0.353. The number of hydrogen-bond acceptors (Lipinski definition) is 3. The topological polar surface area (TPSA) is 66.8 Å². The molecule has 112 valence electrons. The summed E-state index contributed by atoms with van der Waals surface area (Å²) in [5, 5.41) is 19.0. The molecule has 0 saturated carbocycles. The van der Waals surface area contributed by atoms with Crippen LogP contribution in [0.25, 0.3) is 6.08 Å². The van der Waals surface area contributed by atoms with Gasteiger partial charge in [-0.15, -0.1) is 0 Å². The summed E-state index contributed by atoms with van der Waals surface area (Å²) in [6.07, 6.45) is 7.48. The van der Waals surface area contributed by atoms with Crippen molar-refractivity contribution in [3.8, 4) is 11.5 Å². The first-order valence-electron chi connectivity index (χ1n) is 6.93. The molecule has 1 atom stereocenters. The second-order valence-corrected chi connectivity index (χ2v) is 5.75. The van der Waals surface area contributed by atoms with Crippen molar-refractivity contribution in [1.82, 2.24) is 0 Å². The molecule has 0 aliphatic carbocycles. The van der Waals surface area contributed by atoms with Crippen molar-refractivity contribution in [2.75, 3.05) is 0 Å². The van der Waals surface area contributed by atoms with Gasteiger partial charge in [-0.2, -0.15) is 0 Å². The van der Waals surface area contributed by atoms with E-state index in [0.29, 0.717) is 11.3 Å². The fourth-order valence-corrected chi connectivity index (χ4v) is 2.34. The first-order chi connectivity index (χ1) is 9.82. The molecule has 1 heterocycles. The van der Waals surface area contributed by atoms with E-state index < -0.39 is 11.6 Å². The zero-order valence-corrected chi connectivity index (χ0v) is 12.5. The normalized spacial score (nSPS) is 19.6. The van der Waals surface area contributed by atoms with E-state index in [1.54, 1.807) is 12.1 Å². The number of rotatable bonds is 4. The number of hydrogen-bond donors (Lipinski definition) is 2. The van der Waals surface area contributed by atoms with Crippen molar-refractivity contribution in [1.29, 1.82) is 0 Å². The van der Waals surface area contributed by atoms with Crippen LogP contribution in [-0.4, -0.2) is 21.8 Å². The molecule has 1 unspecified atom stereocenters. The molecule has 0 fully saturated rings. The Labute approximate surface area is 124 Å². The summed E-state index contributed by atoms with van der Waals surface area (Å²) < 4.78 is 5.95. The average Bonchev–Trinajstić information content (AvgIpc) is 2.37. The maximum Gasteiger partial charge on any atom is 0.339 e. The summed E-state index contributed by atoms with van der Waals surface area (Å²) in [6, 6.07) is 2.97. The van der Waals surface area contributed by atoms with Gasteiger partial charge in [-0.1, -0.05) is 11.6 Å². The van der Waals surface area contributed by atoms with Crippen LogP contribution in [0.1, 0.15) is 49.5 Å². The van der Waals surface area contributed by atoms with Gasteiger partial charge in [-0.05, 0) is 57.9 Å². The van der Waals surface area contributed by atoms with Crippen molar-refractivity contribution in [3.63, 3.8) is 0 Å². The first kappa shape index (κ1) is 15.2. The van der Waals surface area contributed by atoms with E-state index in [1.807, 2.05) is 13.0 Å². The third-order valence-corrected chi connectivity index (χ3v) is 3.55. The van der Waals surface area contributed by atoms with Gasteiger partial charge in [-0.3, -0.25) is 0 Å². The molecule has 0 spiro atoms. The van der Waals surface area contributed by atoms with E-state index in [2.05, 4.69) is 19.9 Å². The van der Waals surface area contributed by atoms with Crippen LogP contribution in [0.3, 0.4) is 0 Å². The zero-order valence-electron chi connectivity index (χ0n) is 12.5. The molecule has 0 saturated heterocycles. The maximum absolute atomic E-state index is 11.0. The lowest BCUT2D eigenvalue weighted by Gasteiger charge is -2.32. The van der Waals surface area contributed by atoms with Crippen LogP contribution in [0.5, 0.6) is 11.5 Å². The van der Waals surface area contributed by atoms with Gasteiger partial charge >= 0.3 is 5.97 Å². The highest BCUT2D eigenvalue weighted by atomic mass is 16.5. The lowest BCUT2D eigenvalue weighted by molar-refractivity contribution is 0.0693. The number of benzene rings is 1. The number of carbonyl (C=O) groups is 1. The molecule has 0 radical (unpaired) electrons. The Bertz CT molecular complexity index is 624. The number of fused-ring (bicyclic) bond motifs is 1. The summed E-state index contributed by atoms with van der Waals surface area (Å²) >= 11 is 0. The lowest BCUT2D eigenvalue weighted by Crippen LogP contribution is -2.31. The van der Waals surface area contributed by atoms with Gasteiger partial charge in [0.15, 0.2) is 0 Å². The van der Waals surface area contributed by atoms with Gasteiger partial charge in [0.25, 0.3) is 0 Å². The molecule has 4 nitrogen and oxygen atoms in total. The molecule has 0 aromatic heterocycles. The molecule has 4 heteroatoms. The Hall–Kier alpha value is -2.23. The summed E-state index contributed by atoms with van der Waals surface area (Å²) in [4.78, 5) is 11.0. The number of ether oxygens (including phenoxy) is 1.